The molecule has 0 aromatic carbocycles. The summed E-state index contributed by atoms with van der Waals surface area (Å²) in [6, 6.07) is 0.968. The van der Waals surface area contributed by atoms with E-state index in [2.05, 4.69) is 0 Å². The smallest absolute Gasteiger partial charge is 0.327 e. The summed E-state index contributed by atoms with van der Waals surface area (Å²) in [5.41, 5.74) is 0. The number of carbonyl (C=O) groups is 2. The number of carboxylic acid groups (broad SMARTS) is 1. The summed E-state index contributed by atoms with van der Waals surface area (Å²) in [5.74, 6) is 0.125. The monoisotopic (exact) mass is 273 g/mol. The van der Waals surface area contributed by atoms with Gasteiger partial charge < -0.3 is 14.7 Å². The molecule has 1 aliphatic heterocycles. The number of hydrogen-bond donors (Lipinski definition) is 1. The SMILES string of the molecule is COc1ccsc1C(=O)N1CSC[C@H]1C(=O)O. The lowest BCUT2D eigenvalue weighted by atomic mass is 10.3. The van der Waals surface area contributed by atoms with Crippen molar-refractivity contribution >= 4 is 35.0 Å². The molecule has 1 aliphatic rings. The van der Waals surface area contributed by atoms with E-state index in [1.807, 2.05) is 0 Å². The summed E-state index contributed by atoms with van der Waals surface area (Å²) in [6.45, 7) is 0. The Hall–Kier alpha value is -1.21. The van der Waals surface area contributed by atoms with Gasteiger partial charge in [-0.2, -0.15) is 0 Å². The molecule has 1 amide bonds. The van der Waals surface area contributed by atoms with Crippen molar-refractivity contribution in [3.8, 4) is 5.75 Å². The van der Waals surface area contributed by atoms with E-state index in [4.69, 9.17) is 9.84 Å². The molecule has 7 heteroatoms. The Morgan fingerprint density at radius 2 is 2.35 bits per heavy atom. The quantitative estimate of drug-likeness (QED) is 0.900. The Balaban J connectivity index is 2.23. The molecular weight excluding hydrogens is 262 g/mol. The first-order chi connectivity index (χ1) is 8.15. The largest absolute Gasteiger partial charge is 0.495 e. The zero-order valence-electron chi connectivity index (χ0n) is 9.08. The van der Waals surface area contributed by atoms with Crippen LogP contribution in [0.4, 0.5) is 0 Å². The molecule has 1 atom stereocenters. The fraction of sp³-hybridized carbons (Fsp3) is 0.400. The zero-order valence-corrected chi connectivity index (χ0v) is 10.7. The van der Waals surface area contributed by atoms with Crippen molar-refractivity contribution < 1.29 is 19.4 Å². The summed E-state index contributed by atoms with van der Waals surface area (Å²) >= 11 is 2.71. The van der Waals surface area contributed by atoms with Gasteiger partial charge in [-0.25, -0.2) is 4.79 Å². The number of amides is 1. The first-order valence-electron chi connectivity index (χ1n) is 4.88. The molecule has 2 heterocycles. The summed E-state index contributed by atoms with van der Waals surface area (Å²) < 4.78 is 5.07. The third-order valence-electron chi connectivity index (χ3n) is 2.47. The third-order valence-corrected chi connectivity index (χ3v) is 4.37. The van der Waals surface area contributed by atoms with Gasteiger partial charge in [0.25, 0.3) is 5.91 Å². The summed E-state index contributed by atoms with van der Waals surface area (Å²) in [5, 5.41) is 10.8. The van der Waals surface area contributed by atoms with Crippen molar-refractivity contribution in [3.05, 3.63) is 16.3 Å². The molecule has 1 aromatic heterocycles. The molecule has 0 bridgehead atoms. The maximum Gasteiger partial charge on any atom is 0.327 e. The number of nitrogens with zero attached hydrogens (tertiary/aromatic N) is 1. The second-order valence-electron chi connectivity index (χ2n) is 3.45. The lowest BCUT2D eigenvalue weighted by Crippen LogP contribution is -2.41. The minimum atomic E-state index is -0.959. The van der Waals surface area contributed by atoms with E-state index in [0.29, 0.717) is 22.3 Å². The van der Waals surface area contributed by atoms with Crippen molar-refractivity contribution in [2.24, 2.45) is 0 Å². The maximum atomic E-state index is 12.2. The Morgan fingerprint density at radius 1 is 1.59 bits per heavy atom. The van der Waals surface area contributed by atoms with E-state index in [1.54, 1.807) is 11.4 Å². The summed E-state index contributed by atoms with van der Waals surface area (Å²) in [6.07, 6.45) is 0. The molecule has 0 saturated carbocycles. The second-order valence-corrected chi connectivity index (χ2v) is 5.36. The van der Waals surface area contributed by atoms with Gasteiger partial charge in [0.05, 0.1) is 13.0 Å². The normalized spacial score (nSPS) is 19.4. The number of aliphatic carboxylic acids is 1. The minimum Gasteiger partial charge on any atom is -0.495 e. The maximum absolute atomic E-state index is 12.2. The van der Waals surface area contributed by atoms with Crippen molar-refractivity contribution in [1.29, 1.82) is 0 Å². The number of ether oxygens (including phenoxy) is 1. The van der Waals surface area contributed by atoms with Crippen LogP contribution in [0.2, 0.25) is 0 Å². The van der Waals surface area contributed by atoms with Gasteiger partial charge in [-0.3, -0.25) is 4.79 Å². The predicted molar refractivity (Wildman–Crippen MR) is 65.8 cm³/mol. The lowest BCUT2D eigenvalue weighted by molar-refractivity contribution is -0.140. The Kier molecular flexibility index (Phi) is 3.58. The van der Waals surface area contributed by atoms with Gasteiger partial charge in [-0.1, -0.05) is 0 Å². The van der Waals surface area contributed by atoms with E-state index < -0.39 is 12.0 Å². The molecule has 1 saturated heterocycles. The van der Waals surface area contributed by atoms with Gasteiger partial charge in [0, 0.05) is 5.75 Å². The molecule has 1 N–H and O–H groups in total. The highest BCUT2D eigenvalue weighted by molar-refractivity contribution is 7.99. The first kappa shape index (κ1) is 12.3. The molecule has 92 valence electrons. The number of hydrogen-bond acceptors (Lipinski definition) is 5. The standard InChI is InChI=1S/C10H11NO4S2/c1-15-7-2-3-17-8(7)9(12)11-5-16-4-6(11)10(13)14/h2-3,6H,4-5H2,1H3,(H,13,14)/t6-/m0/s1. The van der Waals surface area contributed by atoms with Gasteiger partial charge in [-0.05, 0) is 11.4 Å². The lowest BCUT2D eigenvalue weighted by Gasteiger charge is -2.19. The van der Waals surface area contributed by atoms with E-state index >= 15 is 0 Å². The topological polar surface area (TPSA) is 66.8 Å². The molecule has 1 fully saturated rings. The number of rotatable bonds is 3. The van der Waals surface area contributed by atoms with Crippen molar-refractivity contribution in [3.63, 3.8) is 0 Å². The van der Waals surface area contributed by atoms with Crippen LogP contribution in [0.15, 0.2) is 11.4 Å². The van der Waals surface area contributed by atoms with E-state index in [1.165, 1.54) is 35.1 Å². The van der Waals surface area contributed by atoms with Crippen LogP contribution >= 0.6 is 23.1 Å². The van der Waals surface area contributed by atoms with Crippen LogP contribution in [0.1, 0.15) is 9.67 Å². The predicted octanol–water partition coefficient (Wildman–Crippen LogP) is 1.36. The third kappa shape index (κ3) is 2.25. The highest BCUT2D eigenvalue weighted by Gasteiger charge is 2.36. The van der Waals surface area contributed by atoms with E-state index in [0.717, 1.165) is 0 Å². The first-order valence-corrected chi connectivity index (χ1v) is 6.91. The highest BCUT2D eigenvalue weighted by atomic mass is 32.2. The van der Waals surface area contributed by atoms with Gasteiger partial charge in [0.15, 0.2) is 0 Å². The summed E-state index contributed by atoms with van der Waals surface area (Å²) in [4.78, 5) is 25.0. The number of thiophene rings is 1. The van der Waals surface area contributed by atoms with Crippen molar-refractivity contribution in [2.45, 2.75) is 6.04 Å². The van der Waals surface area contributed by atoms with Crippen molar-refractivity contribution in [1.82, 2.24) is 4.90 Å². The zero-order chi connectivity index (χ0) is 12.4. The van der Waals surface area contributed by atoms with Crippen LogP contribution in [-0.2, 0) is 4.79 Å². The molecule has 0 unspecified atom stereocenters. The Bertz CT molecular complexity index is 445. The molecule has 2 rings (SSSR count). The number of carboxylic acids is 1. The second kappa shape index (κ2) is 4.97. The molecule has 0 spiro atoms. The van der Waals surface area contributed by atoms with E-state index in [-0.39, 0.29) is 5.91 Å². The molecule has 17 heavy (non-hydrogen) atoms. The van der Waals surface area contributed by atoms with Crippen LogP contribution in [-0.4, -0.2) is 46.7 Å². The number of thioether (sulfide) groups is 1. The fourth-order valence-corrected chi connectivity index (χ4v) is 3.55. The van der Waals surface area contributed by atoms with Crippen molar-refractivity contribution in [2.75, 3.05) is 18.7 Å². The number of methoxy groups -OCH3 is 1. The van der Waals surface area contributed by atoms with Crippen LogP contribution in [0.5, 0.6) is 5.75 Å². The van der Waals surface area contributed by atoms with Crippen LogP contribution in [0.3, 0.4) is 0 Å². The van der Waals surface area contributed by atoms with Crippen LogP contribution < -0.4 is 4.74 Å². The van der Waals surface area contributed by atoms with Crippen LogP contribution in [0.25, 0.3) is 0 Å². The van der Waals surface area contributed by atoms with Crippen LogP contribution in [0, 0.1) is 0 Å². The number of carbonyl (C=O) groups excluding carboxylic acids is 1. The molecule has 0 aliphatic carbocycles. The Morgan fingerprint density at radius 3 is 3.00 bits per heavy atom. The highest BCUT2D eigenvalue weighted by Crippen LogP contribution is 2.30. The van der Waals surface area contributed by atoms with Gasteiger partial charge in [0.2, 0.25) is 0 Å². The molecule has 5 nitrogen and oxygen atoms in total. The van der Waals surface area contributed by atoms with Gasteiger partial charge in [-0.15, -0.1) is 23.1 Å². The molecule has 0 radical (unpaired) electrons. The average molecular weight is 273 g/mol. The minimum absolute atomic E-state index is 0.269. The average Bonchev–Trinajstić information content (AvgIpc) is 2.96. The van der Waals surface area contributed by atoms with E-state index in [9.17, 15) is 9.59 Å². The molecule has 1 aromatic rings. The van der Waals surface area contributed by atoms with Gasteiger partial charge in [0.1, 0.15) is 16.7 Å². The fourth-order valence-electron chi connectivity index (χ4n) is 1.59. The Labute approximate surface area is 106 Å². The molecular formula is C10H11NO4S2. The summed E-state index contributed by atoms with van der Waals surface area (Å²) in [7, 11) is 1.49. The van der Waals surface area contributed by atoms with Gasteiger partial charge >= 0.3 is 5.97 Å².